The fourth-order valence-corrected chi connectivity index (χ4v) is 1.94. The Hall–Kier alpha value is -2.43. The Labute approximate surface area is 131 Å². The van der Waals surface area contributed by atoms with Crippen molar-refractivity contribution in [2.75, 3.05) is 11.9 Å². The third-order valence-corrected chi connectivity index (χ3v) is 3.11. The van der Waals surface area contributed by atoms with Crippen LogP contribution in [0.3, 0.4) is 0 Å². The molecular formula is C17H22N4O. The van der Waals surface area contributed by atoms with Crippen LogP contribution in [0.2, 0.25) is 0 Å². The van der Waals surface area contributed by atoms with E-state index >= 15 is 0 Å². The monoisotopic (exact) mass is 298 g/mol. The highest BCUT2D eigenvalue weighted by Gasteiger charge is 2.08. The molecule has 2 N–H and O–H groups in total. The summed E-state index contributed by atoms with van der Waals surface area (Å²) in [4.78, 5) is 20.2. The Morgan fingerprint density at radius 3 is 2.68 bits per heavy atom. The van der Waals surface area contributed by atoms with Crippen LogP contribution in [0.5, 0.6) is 0 Å². The zero-order chi connectivity index (χ0) is 15.9. The zero-order valence-electron chi connectivity index (χ0n) is 13.3. The van der Waals surface area contributed by atoms with Gasteiger partial charge in [-0.25, -0.2) is 9.97 Å². The highest BCUT2D eigenvalue weighted by Crippen LogP contribution is 2.07. The predicted octanol–water partition coefficient (Wildman–Crippen LogP) is 2.78. The Balaban J connectivity index is 1.90. The highest BCUT2D eigenvalue weighted by molar-refractivity contribution is 5.91. The summed E-state index contributed by atoms with van der Waals surface area (Å²) in [5.74, 6) is 0.875. The van der Waals surface area contributed by atoms with Crippen molar-refractivity contribution in [3.63, 3.8) is 0 Å². The SMILES string of the molecule is Cc1cccc(CNc2cnc(C(=O)NCC(C)C)cn2)c1. The number of aromatic nitrogens is 2. The second kappa shape index (κ2) is 7.54. The summed E-state index contributed by atoms with van der Waals surface area (Å²) in [5, 5.41) is 6.02. The number of aryl methyl sites for hydroxylation is 1. The Kier molecular flexibility index (Phi) is 5.47. The molecule has 0 unspecified atom stereocenters. The Morgan fingerprint density at radius 2 is 2.05 bits per heavy atom. The summed E-state index contributed by atoms with van der Waals surface area (Å²) in [7, 11) is 0. The summed E-state index contributed by atoms with van der Waals surface area (Å²) in [6, 6.07) is 8.27. The van der Waals surface area contributed by atoms with Crippen LogP contribution in [0.4, 0.5) is 5.82 Å². The molecule has 116 valence electrons. The van der Waals surface area contributed by atoms with Crippen molar-refractivity contribution in [3.8, 4) is 0 Å². The van der Waals surface area contributed by atoms with E-state index in [0.29, 0.717) is 30.5 Å². The van der Waals surface area contributed by atoms with Crippen LogP contribution in [0.25, 0.3) is 0 Å². The molecule has 5 heteroatoms. The number of nitrogens with zero attached hydrogens (tertiary/aromatic N) is 2. The predicted molar refractivity (Wildman–Crippen MR) is 87.7 cm³/mol. The second-order valence-electron chi connectivity index (χ2n) is 5.73. The van der Waals surface area contributed by atoms with E-state index < -0.39 is 0 Å². The van der Waals surface area contributed by atoms with Crippen LogP contribution in [-0.2, 0) is 6.54 Å². The number of nitrogens with one attached hydrogen (secondary N) is 2. The molecule has 1 heterocycles. The molecule has 2 rings (SSSR count). The molecule has 5 nitrogen and oxygen atoms in total. The Bertz CT molecular complexity index is 623. The van der Waals surface area contributed by atoms with E-state index in [1.165, 1.54) is 17.3 Å². The molecule has 0 saturated heterocycles. The maximum absolute atomic E-state index is 11.8. The van der Waals surface area contributed by atoms with Gasteiger partial charge in [-0.2, -0.15) is 0 Å². The van der Waals surface area contributed by atoms with Gasteiger partial charge in [-0.1, -0.05) is 43.7 Å². The van der Waals surface area contributed by atoms with Gasteiger partial charge in [0.05, 0.1) is 12.4 Å². The molecule has 0 spiro atoms. The third kappa shape index (κ3) is 4.84. The topological polar surface area (TPSA) is 66.9 Å². The van der Waals surface area contributed by atoms with Crippen molar-refractivity contribution >= 4 is 11.7 Å². The van der Waals surface area contributed by atoms with E-state index in [2.05, 4.69) is 45.7 Å². The molecule has 0 aliphatic rings. The minimum atomic E-state index is -0.188. The van der Waals surface area contributed by atoms with Gasteiger partial charge >= 0.3 is 0 Å². The van der Waals surface area contributed by atoms with Gasteiger partial charge in [-0.05, 0) is 18.4 Å². The molecule has 0 fully saturated rings. The van der Waals surface area contributed by atoms with Crippen LogP contribution in [-0.4, -0.2) is 22.4 Å². The number of carbonyl (C=O) groups is 1. The van der Waals surface area contributed by atoms with Crippen molar-refractivity contribution < 1.29 is 4.79 Å². The summed E-state index contributed by atoms with van der Waals surface area (Å²) in [6.45, 7) is 7.46. The average Bonchev–Trinajstić information content (AvgIpc) is 2.51. The molecule has 0 atom stereocenters. The molecule has 1 amide bonds. The first-order valence-corrected chi connectivity index (χ1v) is 7.44. The number of rotatable bonds is 6. The molecule has 0 bridgehead atoms. The van der Waals surface area contributed by atoms with Crippen LogP contribution in [0.1, 0.15) is 35.5 Å². The minimum absolute atomic E-state index is 0.188. The van der Waals surface area contributed by atoms with Crippen LogP contribution in [0.15, 0.2) is 36.7 Å². The van der Waals surface area contributed by atoms with E-state index in [-0.39, 0.29) is 5.91 Å². The van der Waals surface area contributed by atoms with E-state index in [0.717, 1.165) is 0 Å². The average molecular weight is 298 g/mol. The molecule has 0 aliphatic heterocycles. The van der Waals surface area contributed by atoms with Gasteiger partial charge in [0.1, 0.15) is 11.5 Å². The van der Waals surface area contributed by atoms with Crippen LogP contribution >= 0.6 is 0 Å². The minimum Gasteiger partial charge on any atom is -0.365 e. The quantitative estimate of drug-likeness (QED) is 0.860. The lowest BCUT2D eigenvalue weighted by molar-refractivity contribution is 0.0943. The van der Waals surface area contributed by atoms with Gasteiger partial charge < -0.3 is 10.6 Å². The maximum atomic E-state index is 11.8. The van der Waals surface area contributed by atoms with E-state index in [1.54, 1.807) is 6.20 Å². The van der Waals surface area contributed by atoms with E-state index in [1.807, 2.05) is 19.9 Å². The standard InChI is InChI=1S/C17H22N4O/c1-12(2)8-21-17(22)15-10-20-16(11-18-15)19-9-14-6-4-5-13(3)7-14/h4-7,10-12H,8-9H2,1-3H3,(H,19,20)(H,21,22). The summed E-state index contributed by atoms with van der Waals surface area (Å²) in [5.41, 5.74) is 2.74. The molecule has 1 aromatic carbocycles. The smallest absolute Gasteiger partial charge is 0.271 e. The van der Waals surface area contributed by atoms with Crippen molar-refractivity contribution in [1.82, 2.24) is 15.3 Å². The van der Waals surface area contributed by atoms with Gasteiger partial charge in [-0.3, -0.25) is 4.79 Å². The highest BCUT2D eigenvalue weighted by atomic mass is 16.1. The van der Waals surface area contributed by atoms with Gasteiger partial charge in [0, 0.05) is 13.1 Å². The van der Waals surface area contributed by atoms with Crippen molar-refractivity contribution in [2.45, 2.75) is 27.3 Å². The van der Waals surface area contributed by atoms with Gasteiger partial charge in [-0.15, -0.1) is 0 Å². The normalized spacial score (nSPS) is 10.5. The first-order chi connectivity index (χ1) is 10.5. The lowest BCUT2D eigenvalue weighted by Gasteiger charge is -2.08. The lowest BCUT2D eigenvalue weighted by atomic mass is 10.1. The zero-order valence-corrected chi connectivity index (χ0v) is 13.3. The number of hydrogen-bond donors (Lipinski definition) is 2. The number of carbonyl (C=O) groups excluding carboxylic acids is 1. The molecule has 0 aliphatic carbocycles. The molecule has 0 radical (unpaired) electrons. The number of anilines is 1. The summed E-state index contributed by atoms with van der Waals surface area (Å²) >= 11 is 0. The largest absolute Gasteiger partial charge is 0.365 e. The van der Waals surface area contributed by atoms with E-state index in [4.69, 9.17) is 0 Å². The molecule has 22 heavy (non-hydrogen) atoms. The lowest BCUT2D eigenvalue weighted by Crippen LogP contribution is -2.28. The Morgan fingerprint density at radius 1 is 1.23 bits per heavy atom. The van der Waals surface area contributed by atoms with Crippen LogP contribution < -0.4 is 10.6 Å². The molecule has 0 saturated carbocycles. The summed E-state index contributed by atoms with van der Waals surface area (Å²) in [6.07, 6.45) is 3.08. The number of amides is 1. The van der Waals surface area contributed by atoms with Gasteiger partial charge in [0.25, 0.3) is 5.91 Å². The fourth-order valence-electron chi connectivity index (χ4n) is 1.94. The number of benzene rings is 1. The van der Waals surface area contributed by atoms with Crippen molar-refractivity contribution in [2.24, 2.45) is 5.92 Å². The third-order valence-electron chi connectivity index (χ3n) is 3.11. The molecular weight excluding hydrogens is 276 g/mol. The van der Waals surface area contributed by atoms with Gasteiger partial charge in [0.2, 0.25) is 0 Å². The van der Waals surface area contributed by atoms with Crippen molar-refractivity contribution in [1.29, 1.82) is 0 Å². The van der Waals surface area contributed by atoms with E-state index in [9.17, 15) is 4.79 Å². The maximum Gasteiger partial charge on any atom is 0.271 e. The first kappa shape index (κ1) is 15.9. The molecule has 2 aromatic rings. The summed E-state index contributed by atoms with van der Waals surface area (Å²) < 4.78 is 0. The van der Waals surface area contributed by atoms with Gasteiger partial charge in [0.15, 0.2) is 0 Å². The second-order valence-corrected chi connectivity index (χ2v) is 5.73. The van der Waals surface area contributed by atoms with Crippen LogP contribution in [0, 0.1) is 12.8 Å². The molecule has 1 aromatic heterocycles. The first-order valence-electron chi connectivity index (χ1n) is 7.44. The fraction of sp³-hybridized carbons (Fsp3) is 0.353. The van der Waals surface area contributed by atoms with Crippen molar-refractivity contribution in [3.05, 3.63) is 53.5 Å². The number of hydrogen-bond acceptors (Lipinski definition) is 4.